The van der Waals surface area contributed by atoms with Gasteiger partial charge in [-0.25, -0.2) is 0 Å². The molecule has 0 saturated heterocycles. The minimum Gasteiger partial charge on any atom is -0.384 e. The molecule has 4 heteroatoms. The molecular formula is C16H22IN3. The Labute approximate surface area is 134 Å². The van der Waals surface area contributed by atoms with Crippen LogP contribution < -0.4 is 10.6 Å². The van der Waals surface area contributed by atoms with E-state index in [1.54, 1.807) is 0 Å². The van der Waals surface area contributed by atoms with Gasteiger partial charge in [-0.05, 0) is 72.8 Å². The summed E-state index contributed by atoms with van der Waals surface area (Å²) in [7, 11) is 0. The second-order valence-electron chi connectivity index (χ2n) is 4.86. The van der Waals surface area contributed by atoms with Gasteiger partial charge in [-0.1, -0.05) is 13.3 Å². The SMILES string of the molecule is CCNCCCCCNc1ccnc2cc(I)ccc12. The van der Waals surface area contributed by atoms with Crippen LogP contribution in [0.15, 0.2) is 30.5 Å². The number of benzene rings is 1. The lowest BCUT2D eigenvalue weighted by Crippen LogP contribution is -2.14. The first kappa shape index (κ1) is 15.5. The standard InChI is InChI=1S/C16H22IN3/c1-2-18-9-4-3-5-10-19-15-8-11-20-16-12-13(17)6-7-14(15)16/h6-8,11-12,18H,2-5,9-10H2,1H3,(H,19,20). The monoisotopic (exact) mass is 383 g/mol. The van der Waals surface area contributed by atoms with Gasteiger partial charge >= 0.3 is 0 Å². The molecule has 108 valence electrons. The first-order valence-corrected chi connectivity index (χ1v) is 8.38. The number of aromatic nitrogens is 1. The van der Waals surface area contributed by atoms with Crippen LogP contribution in [0.5, 0.6) is 0 Å². The van der Waals surface area contributed by atoms with E-state index in [4.69, 9.17) is 0 Å². The maximum Gasteiger partial charge on any atom is 0.0733 e. The Bertz CT molecular complexity index is 542. The molecule has 1 aromatic heterocycles. The van der Waals surface area contributed by atoms with E-state index in [0.717, 1.165) is 25.2 Å². The zero-order valence-electron chi connectivity index (χ0n) is 12.0. The van der Waals surface area contributed by atoms with Gasteiger partial charge < -0.3 is 10.6 Å². The van der Waals surface area contributed by atoms with Gasteiger partial charge in [0.05, 0.1) is 5.52 Å². The molecule has 0 spiro atoms. The summed E-state index contributed by atoms with van der Waals surface area (Å²) in [5.74, 6) is 0. The number of unbranched alkanes of at least 4 members (excludes halogenated alkanes) is 2. The van der Waals surface area contributed by atoms with E-state index >= 15 is 0 Å². The normalized spacial score (nSPS) is 10.9. The van der Waals surface area contributed by atoms with Crippen LogP contribution in [0.1, 0.15) is 26.2 Å². The van der Waals surface area contributed by atoms with Crippen LogP contribution in [0, 0.1) is 3.57 Å². The van der Waals surface area contributed by atoms with Crippen molar-refractivity contribution in [3.8, 4) is 0 Å². The molecule has 20 heavy (non-hydrogen) atoms. The van der Waals surface area contributed by atoms with E-state index in [0.29, 0.717) is 0 Å². The van der Waals surface area contributed by atoms with E-state index < -0.39 is 0 Å². The molecule has 0 fully saturated rings. The second-order valence-corrected chi connectivity index (χ2v) is 6.11. The highest BCUT2D eigenvalue weighted by Crippen LogP contribution is 2.23. The summed E-state index contributed by atoms with van der Waals surface area (Å²) in [6.07, 6.45) is 5.61. The number of nitrogens with zero attached hydrogens (tertiary/aromatic N) is 1. The Balaban J connectivity index is 1.84. The average Bonchev–Trinajstić information content (AvgIpc) is 2.46. The number of halogens is 1. The van der Waals surface area contributed by atoms with Crippen molar-refractivity contribution in [2.75, 3.05) is 25.0 Å². The summed E-state index contributed by atoms with van der Waals surface area (Å²) in [6, 6.07) is 8.47. The smallest absolute Gasteiger partial charge is 0.0733 e. The summed E-state index contributed by atoms with van der Waals surface area (Å²) < 4.78 is 1.23. The van der Waals surface area contributed by atoms with Crippen molar-refractivity contribution in [2.45, 2.75) is 26.2 Å². The van der Waals surface area contributed by atoms with Gasteiger partial charge in [0.25, 0.3) is 0 Å². The van der Waals surface area contributed by atoms with Gasteiger partial charge in [0.1, 0.15) is 0 Å². The zero-order valence-corrected chi connectivity index (χ0v) is 14.1. The summed E-state index contributed by atoms with van der Waals surface area (Å²) in [5, 5.41) is 8.10. The van der Waals surface area contributed by atoms with Crippen molar-refractivity contribution >= 4 is 39.2 Å². The lowest BCUT2D eigenvalue weighted by molar-refractivity contribution is 0.626. The van der Waals surface area contributed by atoms with Crippen LogP contribution in [0.4, 0.5) is 5.69 Å². The van der Waals surface area contributed by atoms with Crippen molar-refractivity contribution in [3.05, 3.63) is 34.0 Å². The van der Waals surface area contributed by atoms with Crippen molar-refractivity contribution in [1.82, 2.24) is 10.3 Å². The third-order valence-corrected chi connectivity index (χ3v) is 3.97. The fraction of sp³-hybridized carbons (Fsp3) is 0.438. The quantitative estimate of drug-likeness (QED) is 0.534. The van der Waals surface area contributed by atoms with Crippen LogP contribution in [-0.4, -0.2) is 24.6 Å². The summed E-state index contributed by atoms with van der Waals surface area (Å²) in [6.45, 7) is 5.38. The fourth-order valence-electron chi connectivity index (χ4n) is 2.23. The maximum absolute atomic E-state index is 4.43. The Hall–Kier alpha value is -0.880. The van der Waals surface area contributed by atoms with E-state index in [-0.39, 0.29) is 0 Å². The van der Waals surface area contributed by atoms with Crippen LogP contribution >= 0.6 is 22.6 Å². The zero-order chi connectivity index (χ0) is 14.2. The Morgan fingerprint density at radius 1 is 1.10 bits per heavy atom. The first-order chi connectivity index (χ1) is 9.81. The Morgan fingerprint density at radius 3 is 2.80 bits per heavy atom. The molecule has 0 bridgehead atoms. The number of hydrogen-bond acceptors (Lipinski definition) is 3. The molecule has 0 amide bonds. The highest BCUT2D eigenvalue weighted by atomic mass is 127. The molecule has 0 aliphatic heterocycles. The number of hydrogen-bond donors (Lipinski definition) is 2. The van der Waals surface area contributed by atoms with Gasteiger partial charge in [-0.15, -0.1) is 0 Å². The minimum absolute atomic E-state index is 1.03. The highest BCUT2D eigenvalue weighted by Gasteiger charge is 2.01. The number of pyridine rings is 1. The molecule has 1 aromatic carbocycles. The van der Waals surface area contributed by atoms with Crippen LogP contribution in [0.2, 0.25) is 0 Å². The van der Waals surface area contributed by atoms with E-state index in [1.807, 2.05) is 6.20 Å². The molecule has 0 aliphatic carbocycles. The third kappa shape index (κ3) is 4.59. The van der Waals surface area contributed by atoms with E-state index in [1.165, 1.54) is 33.9 Å². The van der Waals surface area contributed by atoms with Crippen LogP contribution in [-0.2, 0) is 0 Å². The largest absolute Gasteiger partial charge is 0.384 e. The average molecular weight is 383 g/mol. The summed E-state index contributed by atoms with van der Waals surface area (Å²) in [5.41, 5.74) is 2.26. The molecule has 2 aromatic rings. The molecule has 1 heterocycles. The number of fused-ring (bicyclic) bond motifs is 1. The Morgan fingerprint density at radius 2 is 1.95 bits per heavy atom. The first-order valence-electron chi connectivity index (χ1n) is 7.30. The molecule has 0 radical (unpaired) electrons. The van der Waals surface area contributed by atoms with Crippen molar-refractivity contribution in [2.24, 2.45) is 0 Å². The van der Waals surface area contributed by atoms with E-state index in [9.17, 15) is 0 Å². The molecule has 0 unspecified atom stereocenters. The van der Waals surface area contributed by atoms with Gasteiger partial charge in [0.2, 0.25) is 0 Å². The topological polar surface area (TPSA) is 37.0 Å². The lowest BCUT2D eigenvalue weighted by atomic mass is 10.2. The second kappa shape index (κ2) is 8.42. The van der Waals surface area contributed by atoms with Crippen LogP contribution in [0.25, 0.3) is 10.9 Å². The summed E-state index contributed by atoms with van der Waals surface area (Å²) in [4.78, 5) is 4.43. The van der Waals surface area contributed by atoms with Gasteiger partial charge in [0, 0.05) is 27.4 Å². The molecule has 0 atom stereocenters. The van der Waals surface area contributed by atoms with Crippen molar-refractivity contribution in [3.63, 3.8) is 0 Å². The fourth-order valence-corrected chi connectivity index (χ4v) is 2.70. The number of rotatable bonds is 8. The third-order valence-electron chi connectivity index (χ3n) is 3.30. The number of anilines is 1. The molecule has 2 N–H and O–H groups in total. The molecular weight excluding hydrogens is 361 g/mol. The Kier molecular flexibility index (Phi) is 6.53. The van der Waals surface area contributed by atoms with Gasteiger partial charge in [-0.2, -0.15) is 0 Å². The van der Waals surface area contributed by atoms with Gasteiger partial charge in [0.15, 0.2) is 0 Å². The number of nitrogens with one attached hydrogen (secondary N) is 2. The highest BCUT2D eigenvalue weighted by molar-refractivity contribution is 14.1. The maximum atomic E-state index is 4.43. The van der Waals surface area contributed by atoms with Crippen molar-refractivity contribution < 1.29 is 0 Å². The minimum atomic E-state index is 1.03. The lowest BCUT2D eigenvalue weighted by Gasteiger charge is -2.09. The molecule has 3 nitrogen and oxygen atoms in total. The molecule has 0 aliphatic rings. The predicted molar refractivity (Wildman–Crippen MR) is 95.3 cm³/mol. The van der Waals surface area contributed by atoms with Gasteiger partial charge in [-0.3, -0.25) is 4.98 Å². The van der Waals surface area contributed by atoms with Crippen molar-refractivity contribution in [1.29, 1.82) is 0 Å². The van der Waals surface area contributed by atoms with E-state index in [2.05, 4.69) is 69.4 Å². The molecule has 2 rings (SSSR count). The molecule has 0 saturated carbocycles. The summed E-state index contributed by atoms with van der Waals surface area (Å²) >= 11 is 2.32. The predicted octanol–water partition coefficient (Wildman–Crippen LogP) is 4.03. The van der Waals surface area contributed by atoms with Crippen LogP contribution in [0.3, 0.4) is 0 Å².